The van der Waals surface area contributed by atoms with E-state index in [0.29, 0.717) is 0 Å². The number of nitrogens with one attached hydrogen (secondary N) is 1. The highest BCUT2D eigenvalue weighted by molar-refractivity contribution is 7.99. The summed E-state index contributed by atoms with van der Waals surface area (Å²) < 4.78 is 3.88. The van der Waals surface area contributed by atoms with Crippen LogP contribution >= 0.6 is 11.8 Å². The number of anilines is 1. The van der Waals surface area contributed by atoms with Gasteiger partial charge in [0.05, 0.1) is 34.2 Å². The largest absolute Gasteiger partial charge is 0.322 e. The van der Waals surface area contributed by atoms with Crippen LogP contribution in [-0.2, 0) is 4.79 Å². The first kappa shape index (κ1) is 20.9. The lowest BCUT2D eigenvalue weighted by atomic mass is 10.1. The number of aromatic nitrogens is 4. The number of hydrogen-bond acceptors (Lipinski definition) is 4. The van der Waals surface area contributed by atoms with Crippen molar-refractivity contribution >= 4 is 23.4 Å². The van der Waals surface area contributed by atoms with E-state index in [0.717, 1.165) is 33.6 Å². The number of amides is 1. The Hall–Kier alpha value is -3.32. The van der Waals surface area contributed by atoms with Gasteiger partial charge in [-0.05, 0) is 57.0 Å². The van der Waals surface area contributed by atoms with E-state index in [1.54, 1.807) is 6.20 Å². The van der Waals surface area contributed by atoms with Gasteiger partial charge < -0.3 is 5.32 Å². The van der Waals surface area contributed by atoms with Crippen molar-refractivity contribution in [1.29, 1.82) is 0 Å². The van der Waals surface area contributed by atoms with Gasteiger partial charge in [0.1, 0.15) is 0 Å². The highest BCUT2D eigenvalue weighted by Gasteiger charge is 2.16. The summed E-state index contributed by atoms with van der Waals surface area (Å²) in [5, 5.41) is 8.41. The van der Waals surface area contributed by atoms with Crippen molar-refractivity contribution in [2.45, 2.75) is 32.9 Å². The minimum atomic E-state index is -0.0840. The van der Waals surface area contributed by atoms with Gasteiger partial charge in [0, 0.05) is 12.4 Å². The zero-order valence-corrected chi connectivity index (χ0v) is 18.9. The first-order valence-electron chi connectivity index (χ1n) is 10.1. The van der Waals surface area contributed by atoms with E-state index in [1.165, 1.54) is 22.9 Å². The standard InChI is InChI=1S/C24H25N5OS/c1-16-9-8-12-21(17(16)2)28-14-13-25-24(28)31-15-22(30)26-23-18(3)27-29(19(23)4)20-10-6-5-7-11-20/h5-14H,15H2,1-4H3,(H,26,30). The van der Waals surface area contributed by atoms with Crippen LogP contribution in [0.2, 0.25) is 0 Å². The number of para-hydroxylation sites is 1. The molecule has 4 rings (SSSR count). The van der Waals surface area contributed by atoms with Gasteiger partial charge >= 0.3 is 0 Å². The lowest BCUT2D eigenvalue weighted by molar-refractivity contribution is -0.113. The SMILES string of the molecule is Cc1cccc(-n2ccnc2SCC(=O)Nc2c(C)nn(-c3ccccc3)c2C)c1C. The number of hydrogen-bond donors (Lipinski definition) is 1. The molecule has 0 aliphatic carbocycles. The van der Waals surface area contributed by atoms with Crippen LogP contribution in [0.4, 0.5) is 5.69 Å². The maximum absolute atomic E-state index is 12.7. The molecule has 7 heteroatoms. The molecular weight excluding hydrogens is 406 g/mol. The van der Waals surface area contributed by atoms with Crippen LogP contribution in [0, 0.1) is 27.7 Å². The molecule has 0 unspecified atom stereocenters. The van der Waals surface area contributed by atoms with E-state index < -0.39 is 0 Å². The summed E-state index contributed by atoms with van der Waals surface area (Å²) >= 11 is 1.42. The molecule has 1 amide bonds. The fourth-order valence-corrected chi connectivity index (χ4v) is 4.29. The summed E-state index contributed by atoms with van der Waals surface area (Å²) in [7, 11) is 0. The van der Waals surface area contributed by atoms with E-state index in [-0.39, 0.29) is 11.7 Å². The summed E-state index contributed by atoms with van der Waals surface area (Å²) in [4.78, 5) is 17.2. The molecule has 1 N–H and O–H groups in total. The fourth-order valence-electron chi connectivity index (χ4n) is 3.53. The highest BCUT2D eigenvalue weighted by Crippen LogP contribution is 2.26. The number of carbonyl (C=O) groups excluding carboxylic acids is 1. The minimum Gasteiger partial charge on any atom is -0.322 e. The Labute approximate surface area is 186 Å². The van der Waals surface area contributed by atoms with Crippen molar-refractivity contribution in [2.24, 2.45) is 0 Å². The van der Waals surface area contributed by atoms with Crippen LogP contribution in [0.25, 0.3) is 11.4 Å². The zero-order valence-electron chi connectivity index (χ0n) is 18.1. The molecule has 0 saturated carbocycles. The molecular formula is C24H25N5OS. The lowest BCUT2D eigenvalue weighted by Crippen LogP contribution is -2.15. The fraction of sp³-hybridized carbons (Fsp3) is 0.208. The van der Waals surface area contributed by atoms with Crippen molar-refractivity contribution < 1.29 is 4.79 Å². The maximum Gasteiger partial charge on any atom is 0.234 e. The smallest absolute Gasteiger partial charge is 0.234 e. The van der Waals surface area contributed by atoms with Crippen molar-refractivity contribution in [3.05, 3.63) is 83.4 Å². The van der Waals surface area contributed by atoms with Crippen molar-refractivity contribution in [3.63, 3.8) is 0 Å². The van der Waals surface area contributed by atoms with Gasteiger partial charge in [0.15, 0.2) is 5.16 Å². The molecule has 0 radical (unpaired) electrons. The number of aryl methyl sites for hydroxylation is 2. The first-order valence-corrected chi connectivity index (χ1v) is 11.1. The number of benzene rings is 2. The van der Waals surface area contributed by atoms with Gasteiger partial charge in [-0.3, -0.25) is 9.36 Å². The third kappa shape index (κ3) is 4.27. The quantitative estimate of drug-likeness (QED) is 0.435. The summed E-state index contributed by atoms with van der Waals surface area (Å²) in [6, 6.07) is 16.1. The molecule has 31 heavy (non-hydrogen) atoms. The predicted octanol–water partition coefficient (Wildman–Crippen LogP) is 5.02. The van der Waals surface area contributed by atoms with Crippen molar-refractivity contribution in [3.8, 4) is 11.4 Å². The van der Waals surface area contributed by atoms with Crippen LogP contribution in [0.1, 0.15) is 22.5 Å². The van der Waals surface area contributed by atoms with Gasteiger partial charge in [-0.15, -0.1) is 0 Å². The normalized spacial score (nSPS) is 11.0. The van der Waals surface area contributed by atoms with E-state index in [1.807, 2.05) is 65.7 Å². The Morgan fingerprint density at radius 1 is 1.03 bits per heavy atom. The Bertz CT molecular complexity index is 1230. The van der Waals surface area contributed by atoms with Crippen LogP contribution < -0.4 is 5.32 Å². The number of carbonyl (C=O) groups is 1. The minimum absolute atomic E-state index is 0.0840. The van der Waals surface area contributed by atoms with Gasteiger partial charge in [-0.1, -0.05) is 42.1 Å². The summed E-state index contributed by atoms with van der Waals surface area (Å²) in [5.41, 5.74) is 6.92. The molecule has 0 aliphatic rings. The molecule has 2 aromatic carbocycles. The lowest BCUT2D eigenvalue weighted by Gasteiger charge is -2.12. The molecule has 0 bridgehead atoms. The average molecular weight is 432 g/mol. The molecule has 158 valence electrons. The van der Waals surface area contributed by atoms with E-state index in [2.05, 4.69) is 41.4 Å². The zero-order chi connectivity index (χ0) is 22.0. The molecule has 4 aromatic rings. The average Bonchev–Trinajstić information content (AvgIpc) is 3.34. The molecule has 2 heterocycles. The number of nitrogens with zero attached hydrogens (tertiary/aromatic N) is 4. The number of rotatable bonds is 6. The summed E-state index contributed by atoms with van der Waals surface area (Å²) in [6.45, 7) is 8.06. The van der Waals surface area contributed by atoms with Crippen LogP contribution in [0.5, 0.6) is 0 Å². The summed E-state index contributed by atoms with van der Waals surface area (Å²) in [6.07, 6.45) is 3.69. The summed E-state index contributed by atoms with van der Waals surface area (Å²) in [5.74, 6) is 0.177. The van der Waals surface area contributed by atoms with Gasteiger partial charge in [-0.2, -0.15) is 5.10 Å². The Kier molecular flexibility index (Phi) is 5.95. The van der Waals surface area contributed by atoms with E-state index in [4.69, 9.17) is 0 Å². The Balaban J connectivity index is 1.48. The van der Waals surface area contributed by atoms with Crippen LogP contribution in [-0.4, -0.2) is 31.0 Å². The van der Waals surface area contributed by atoms with Gasteiger partial charge in [0.25, 0.3) is 0 Å². The van der Waals surface area contributed by atoms with Crippen molar-refractivity contribution in [2.75, 3.05) is 11.1 Å². The Morgan fingerprint density at radius 2 is 1.81 bits per heavy atom. The van der Waals surface area contributed by atoms with E-state index in [9.17, 15) is 4.79 Å². The Morgan fingerprint density at radius 3 is 2.58 bits per heavy atom. The first-order chi connectivity index (χ1) is 15.0. The molecule has 0 atom stereocenters. The van der Waals surface area contributed by atoms with Gasteiger partial charge in [-0.25, -0.2) is 9.67 Å². The highest BCUT2D eigenvalue weighted by atomic mass is 32.2. The molecule has 0 saturated heterocycles. The molecule has 0 spiro atoms. The van der Waals surface area contributed by atoms with Gasteiger partial charge in [0.2, 0.25) is 5.91 Å². The second-order valence-electron chi connectivity index (χ2n) is 7.43. The number of thioether (sulfide) groups is 1. The topological polar surface area (TPSA) is 64.7 Å². The molecule has 2 aromatic heterocycles. The third-order valence-electron chi connectivity index (χ3n) is 5.33. The van der Waals surface area contributed by atoms with Crippen LogP contribution in [0.3, 0.4) is 0 Å². The van der Waals surface area contributed by atoms with Crippen LogP contribution in [0.15, 0.2) is 66.1 Å². The third-order valence-corrected chi connectivity index (χ3v) is 6.30. The second kappa shape index (κ2) is 8.81. The molecule has 0 aliphatic heterocycles. The predicted molar refractivity (Wildman–Crippen MR) is 125 cm³/mol. The second-order valence-corrected chi connectivity index (χ2v) is 8.37. The monoisotopic (exact) mass is 431 g/mol. The van der Waals surface area contributed by atoms with Crippen molar-refractivity contribution in [1.82, 2.24) is 19.3 Å². The van der Waals surface area contributed by atoms with E-state index >= 15 is 0 Å². The molecule has 0 fully saturated rings. The number of imidazole rings is 1. The maximum atomic E-state index is 12.7. The molecule has 6 nitrogen and oxygen atoms in total.